The Morgan fingerprint density at radius 2 is 2.29 bits per heavy atom. The number of ether oxygens (including phenoxy) is 1. The molecule has 0 radical (unpaired) electrons. The highest BCUT2D eigenvalue weighted by atomic mass is 32.1. The molecule has 8 heteroatoms. The Hall–Kier alpha value is -2.87. The molecule has 1 fully saturated rings. The number of rotatable bonds is 5. The first-order chi connectivity index (χ1) is 13.6. The molecule has 146 valence electrons. The highest BCUT2D eigenvalue weighted by Gasteiger charge is 2.30. The number of amides is 2. The van der Waals surface area contributed by atoms with Crippen LogP contribution in [0.2, 0.25) is 0 Å². The van der Waals surface area contributed by atoms with Crippen molar-refractivity contribution in [1.82, 2.24) is 9.88 Å². The Morgan fingerprint density at radius 3 is 3.07 bits per heavy atom. The van der Waals surface area contributed by atoms with E-state index in [-0.39, 0.29) is 17.7 Å². The Bertz CT molecular complexity index is 983. The van der Waals surface area contributed by atoms with E-state index in [0.717, 1.165) is 28.8 Å². The highest BCUT2D eigenvalue weighted by Crippen LogP contribution is 2.30. The molecule has 1 aliphatic heterocycles. The molecule has 0 saturated carbocycles. The SMILES string of the molecule is CCOc1ccc2nc(NC(=O)C3CCCN(C(=O)c4ccco4)C3)sc2c1. The Morgan fingerprint density at radius 1 is 1.39 bits per heavy atom. The fourth-order valence-electron chi connectivity index (χ4n) is 3.35. The lowest BCUT2D eigenvalue weighted by molar-refractivity contribution is -0.121. The van der Waals surface area contributed by atoms with E-state index in [4.69, 9.17) is 9.15 Å². The van der Waals surface area contributed by atoms with Gasteiger partial charge in [-0.3, -0.25) is 9.59 Å². The third kappa shape index (κ3) is 3.87. The van der Waals surface area contributed by atoms with Gasteiger partial charge in [-0.25, -0.2) is 4.98 Å². The number of furan rings is 1. The minimum Gasteiger partial charge on any atom is -0.494 e. The van der Waals surface area contributed by atoms with Gasteiger partial charge in [0.1, 0.15) is 5.75 Å². The van der Waals surface area contributed by atoms with Crippen molar-refractivity contribution >= 4 is 38.5 Å². The predicted molar refractivity (Wildman–Crippen MR) is 107 cm³/mol. The van der Waals surface area contributed by atoms with E-state index >= 15 is 0 Å². The molecular formula is C20H21N3O4S. The zero-order valence-corrected chi connectivity index (χ0v) is 16.3. The molecule has 1 unspecified atom stereocenters. The second-order valence-corrected chi connectivity index (χ2v) is 7.67. The van der Waals surface area contributed by atoms with Gasteiger partial charge in [0, 0.05) is 13.1 Å². The summed E-state index contributed by atoms with van der Waals surface area (Å²) in [5.74, 6) is 0.541. The molecule has 2 aromatic heterocycles. The summed E-state index contributed by atoms with van der Waals surface area (Å²) in [6.07, 6.45) is 3.00. The van der Waals surface area contributed by atoms with Gasteiger partial charge in [-0.2, -0.15) is 0 Å². The molecule has 4 rings (SSSR count). The van der Waals surface area contributed by atoms with Crippen molar-refractivity contribution in [2.45, 2.75) is 19.8 Å². The van der Waals surface area contributed by atoms with E-state index in [1.807, 2.05) is 25.1 Å². The van der Waals surface area contributed by atoms with Crippen molar-refractivity contribution in [3.05, 3.63) is 42.4 Å². The first-order valence-corrected chi connectivity index (χ1v) is 10.1. The molecule has 2 amide bonds. The number of nitrogens with one attached hydrogen (secondary N) is 1. The van der Waals surface area contributed by atoms with E-state index in [1.54, 1.807) is 17.0 Å². The molecule has 1 saturated heterocycles. The minimum atomic E-state index is -0.265. The second-order valence-electron chi connectivity index (χ2n) is 6.64. The summed E-state index contributed by atoms with van der Waals surface area (Å²) >= 11 is 1.42. The van der Waals surface area contributed by atoms with Crippen molar-refractivity contribution in [3.8, 4) is 5.75 Å². The minimum absolute atomic E-state index is 0.110. The number of benzene rings is 1. The van der Waals surface area contributed by atoms with Gasteiger partial charge in [0.25, 0.3) is 5.91 Å². The zero-order valence-electron chi connectivity index (χ0n) is 15.5. The molecule has 3 aromatic rings. The molecule has 1 aliphatic rings. The Labute approximate surface area is 166 Å². The number of aromatic nitrogens is 1. The van der Waals surface area contributed by atoms with Crippen molar-refractivity contribution in [2.75, 3.05) is 25.0 Å². The number of anilines is 1. The van der Waals surface area contributed by atoms with Crippen LogP contribution in [0, 0.1) is 5.92 Å². The lowest BCUT2D eigenvalue weighted by atomic mass is 9.97. The van der Waals surface area contributed by atoms with E-state index in [2.05, 4.69) is 10.3 Å². The second kappa shape index (κ2) is 8.02. The number of carbonyl (C=O) groups is 2. The number of nitrogens with zero attached hydrogens (tertiary/aromatic N) is 2. The number of carbonyl (C=O) groups excluding carboxylic acids is 2. The topological polar surface area (TPSA) is 84.7 Å². The summed E-state index contributed by atoms with van der Waals surface area (Å²) < 4.78 is 11.7. The lowest BCUT2D eigenvalue weighted by Crippen LogP contribution is -2.43. The third-order valence-corrected chi connectivity index (χ3v) is 5.65. The molecule has 1 aromatic carbocycles. The summed E-state index contributed by atoms with van der Waals surface area (Å²) in [5, 5.41) is 3.47. The third-order valence-electron chi connectivity index (χ3n) is 4.71. The fraction of sp³-hybridized carbons (Fsp3) is 0.350. The predicted octanol–water partition coefficient (Wildman–Crippen LogP) is 3.78. The van der Waals surface area contributed by atoms with Crippen LogP contribution in [0.1, 0.15) is 30.3 Å². The monoisotopic (exact) mass is 399 g/mol. The van der Waals surface area contributed by atoms with Crippen LogP contribution in [0.25, 0.3) is 10.2 Å². The van der Waals surface area contributed by atoms with Crippen LogP contribution in [0.3, 0.4) is 0 Å². The molecule has 0 spiro atoms. The van der Waals surface area contributed by atoms with Crippen molar-refractivity contribution in [3.63, 3.8) is 0 Å². The summed E-state index contributed by atoms with van der Waals surface area (Å²) in [7, 11) is 0. The standard InChI is InChI=1S/C20H21N3O4S/c1-2-26-14-7-8-15-17(11-14)28-20(21-15)22-18(24)13-5-3-9-23(12-13)19(25)16-6-4-10-27-16/h4,6-8,10-11,13H,2-3,5,9,12H2,1H3,(H,21,22,24). The Kier molecular flexibility index (Phi) is 5.29. The molecule has 1 N–H and O–H groups in total. The Balaban J connectivity index is 1.43. The van der Waals surface area contributed by atoms with E-state index in [0.29, 0.717) is 30.6 Å². The smallest absolute Gasteiger partial charge is 0.289 e. The van der Waals surface area contributed by atoms with Gasteiger partial charge in [0.05, 0.1) is 29.0 Å². The molecule has 0 bridgehead atoms. The number of hydrogen-bond donors (Lipinski definition) is 1. The van der Waals surface area contributed by atoms with E-state index < -0.39 is 0 Å². The maximum absolute atomic E-state index is 12.7. The zero-order chi connectivity index (χ0) is 19.5. The quantitative estimate of drug-likeness (QED) is 0.706. The summed E-state index contributed by atoms with van der Waals surface area (Å²) in [5.41, 5.74) is 0.821. The largest absolute Gasteiger partial charge is 0.494 e. The average molecular weight is 399 g/mol. The van der Waals surface area contributed by atoms with Gasteiger partial charge in [0.15, 0.2) is 10.9 Å². The van der Waals surface area contributed by atoms with E-state index in [1.165, 1.54) is 17.6 Å². The number of hydrogen-bond acceptors (Lipinski definition) is 6. The average Bonchev–Trinajstić information content (AvgIpc) is 3.37. The van der Waals surface area contributed by atoms with Crippen LogP contribution in [0.5, 0.6) is 5.75 Å². The van der Waals surface area contributed by atoms with Crippen LogP contribution in [0.15, 0.2) is 41.0 Å². The molecule has 0 aliphatic carbocycles. The van der Waals surface area contributed by atoms with Crippen molar-refractivity contribution < 1.29 is 18.7 Å². The maximum Gasteiger partial charge on any atom is 0.289 e. The first-order valence-electron chi connectivity index (χ1n) is 9.31. The number of thiazole rings is 1. The molecular weight excluding hydrogens is 378 g/mol. The van der Waals surface area contributed by atoms with Crippen LogP contribution >= 0.6 is 11.3 Å². The van der Waals surface area contributed by atoms with Gasteiger partial charge in [0.2, 0.25) is 5.91 Å². The normalized spacial score (nSPS) is 16.9. The van der Waals surface area contributed by atoms with Gasteiger partial charge >= 0.3 is 0 Å². The van der Waals surface area contributed by atoms with Crippen LogP contribution < -0.4 is 10.1 Å². The van der Waals surface area contributed by atoms with Gasteiger partial charge in [-0.15, -0.1) is 0 Å². The lowest BCUT2D eigenvalue weighted by Gasteiger charge is -2.31. The number of fused-ring (bicyclic) bond motifs is 1. The maximum atomic E-state index is 12.7. The number of likely N-dealkylation sites (tertiary alicyclic amines) is 1. The van der Waals surface area contributed by atoms with Gasteiger partial charge in [-0.05, 0) is 50.1 Å². The number of piperidine rings is 1. The fourth-order valence-corrected chi connectivity index (χ4v) is 4.25. The van der Waals surface area contributed by atoms with Gasteiger partial charge in [-0.1, -0.05) is 11.3 Å². The van der Waals surface area contributed by atoms with Crippen molar-refractivity contribution in [1.29, 1.82) is 0 Å². The first kappa shape index (κ1) is 18.5. The summed E-state index contributed by atoms with van der Waals surface area (Å²) in [6, 6.07) is 9.01. The molecule has 1 atom stereocenters. The molecule has 7 nitrogen and oxygen atoms in total. The molecule has 3 heterocycles. The van der Waals surface area contributed by atoms with Gasteiger partial charge < -0.3 is 19.4 Å². The molecule has 28 heavy (non-hydrogen) atoms. The summed E-state index contributed by atoms with van der Waals surface area (Å²) in [4.78, 5) is 31.4. The van der Waals surface area contributed by atoms with E-state index in [9.17, 15) is 9.59 Å². The summed E-state index contributed by atoms with van der Waals surface area (Å²) in [6.45, 7) is 3.55. The van der Waals surface area contributed by atoms with Crippen LogP contribution in [-0.2, 0) is 4.79 Å². The van der Waals surface area contributed by atoms with Crippen molar-refractivity contribution in [2.24, 2.45) is 5.92 Å². The van der Waals surface area contributed by atoms with Crippen LogP contribution in [0.4, 0.5) is 5.13 Å². The highest BCUT2D eigenvalue weighted by molar-refractivity contribution is 7.22. The van der Waals surface area contributed by atoms with Crippen LogP contribution in [-0.4, -0.2) is 41.4 Å².